The molecule has 164 valence electrons. The lowest BCUT2D eigenvalue weighted by Crippen LogP contribution is -2.35. The summed E-state index contributed by atoms with van der Waals surface area (Å²) in [5, 5.41) is 16.8. The number of anilines is 3. The average Bonchev–Trinajstić information content (AvgIpc) is 3.26. The second-order valence-electron chi connectivity index (χ2n) is 8.43. The van der Waals surface area contributed by atoms with E-state index in [4.69, 9.17) is 0 Å². The van der Waals surface area contributed by atoms with Gasteiger partial charge in [-0.25, -0.2) is 14.4 Å². The third-order valence-corrected chi connectivity index (χ3v) is 5.79. The zero-order valence-electron chi connectivity index (χ0n) is 18.2. The summed E-state index contributed by atoms with van der Waals surface area (Å²) in [4.78, 5) is 11.0. The van der Waals surface area contributed by atoms with Crippen LogP contribution >= 0.6 is 0 Å². The van der Waals surface area contributed by atoms with Gasteiger partial charge in [-0.3, -0.25) is 4.68 Å². The number of nitrogens with zero attached hydrogens (tertiary/aromatic N) is 5. The van der Waals surface area contributed by atoms with Gasteiger partial charge in [0.05, 0.1) is 17.6 Å². The number of benzene rings is 1. The highest BCUT2D eigenvalue weighted by Crippen LogP contribution is 2.29. The molecule has 31 heavy (non-hydrogen) atoms. The van der Waals surface area contributed by atoms with Crippen LogP contribution in [-0.4, -0.2) is 44.6 Å². The maximum absolute atomic E-state index is 14.8. The highest BCUT2D eigenvalue weighted by molar-refractivity contribution is 5.65. The summed E-state index contributed by atoms with van der Waals surface area (Å²) in [6.07, 6.45) is 7.28. The number of rotatable bonds is 6. The summed E-state index contributed by atoms with van der Waals surface area (Å²) in [5.41, 5.74) is 3.85. The molecule has 2 aromatic heterocycles. The molecule has 1 aliphatic heterocycles. The van der Waals surface area contributed by atoms with Crippen LogP contribution in [0, 0.1) is 18.7 Å². The first-order chi connectivity index (χ1) is 14.9. The molecule has 1 saturated heterocycles. The van der Waals surface area contributed by atoms with Crippen LogP contribution in [-0.2, 0) is 0 Å². The number of halogens is 1. The molecule has 1 aromatic carbocycles. The van der Waals surface area contributed by atoms with E-state index >= 15 is 0 Å². The lowest BCUT2D eigenvalue weighted by Gasteiger charge is -2.33. The molecule has 1 aliphatic rings. The van der Waals surface area contributed by atoms with E-state index in [1.807, 2.05) is 28.8 Å². The molecule has 0 aliphatic carbocycles. The summed E-state index contributed by atoms with van der Waals surface area (Å²) >= 11 is 0. The van der Waals surface area contributed by atoms with E-state index in [1.165, 1.54) is 6.07 Å². The molecule has 4 rings (SSSR count). The van der Waals surface area contributed by atoms with E-state index in [-0.39, 0.29) is 18.5 Å². The van der Waals surface area contributed by atoms with Crippen molar-refractivity contribution in [2.24, 2.45) is 5.92 Å². The van der Waals surface area contributed by atoms with Crippen molar-refractivity contribution >= 4 is 17.3 Å². The molecule has 0 amide bonds. The zero-order chi connectivity index (χ0) is 22.0. The molecule has 0 radical (unpaired) electrons. The summed E-state index contributed by atoms with van der Waals surface area (Å²) in [6.45, 7) is 7.82. The number of aryl methyl sites for hydroxylation is 1. The van der Waals surface area contributed by atoms with Gasteiger partial charge in [0.1, 0.15) is 5.82 Å². The minimum Gasteiger partial charge on any atom is -0.396 e. The Bertz CT molecular complexity index is 1040. The third-order valence-electron chi connectivity index (χ3n) is 5.79. The molecule has 7 nitrogen and oxygen atoms in total. The quantitative estimate of drug-likeness (QED) is 0.614. The van der Waals surface area contributed by atoms with Crippen LogP contribution in [0.15, 0.2) is 36.8 Å². The van der Waals surface area contributed by atoms with Crippen LogP contribution in [0.1, 0.15) is 38.3 Å². The maximum Gasteiger partial charge on any atom is 0.227 e. The fourth-order valence-corrected chi connectivity index (χ4v) is 3.86. The van der Waals surface area contributed by atoms with Crippen LogP contribution < -0.4 is 10.2 Å². The van der Waals surface area contributed by atoms with E-state index in [0.29, 0.717) is 23.2 Å². The van der Waals surface area contributed by atoms with Crippen molar-refractivity contribution in [3.05, 3.63) is 48.2 Å². The van der Waals surface area contributed by atoms with Gasteiger partial charge in [-0.2, -0.15) is 5.10 Å². The molecule has 0 spiro atoms. The van der Waals surface area contributed by atoms with Gasteiger partial charge in [0.2, 0.25) is 5.95 Å². The molecular formula is C23H29FN6O. The van der Waals surface area contributed by atoms with E-state index in [0.717, 1.165) is 42.8 Å². The summed E-state index contributed by atoms with van der Waals surface area (Å²) in [5.74, 6) is 0.451. The summed E-state index contributed by atoms with van der Waals surface area (Å²) in [7, 11) is 0. The molecule has 1 fully saturated rings. The number of piperidine rings is 1. The van der Waals surface area contributed by atoms with Crippen LogP contribution in [0.2, 0.25) is 0 Å². The average molecular weight is 425 g/mol. The van der Waals surface area contributed by atoms with E-state index < -0.39 is 0 Å². The van der Waals surface area contributed by atoms with E-state index in [1.54, 1.807) is 18.5 Å². The first kappa shape index (κ1) is 21.2. The summed E-state index contributed by atoms with van der Waals surface area (Å²) < 4.78 is 16.7. The molecule has 8 heteroatoms. The van der Waals surface area contributed by atoms with Crippen molar-refractivity contribution in [1.82, 2.24) is 19.7 Å². The maximum atomic E-state index is 14.8. The number of aromatic nitrogens is 4. The standard InChI is InChI=1S/C23H29FN6O/c1-15(2)30-13-18(12-26-30)22-16(3)11-25-23(28-22)27-19-4-5-21(20(24)10-19)29-8-6-17(14-31)7-9-29/h4-5,10-13,15,17,31H,6-9,14H2,1-3H3,(H,25,27,28). The Morgan fingerprint density at radius 3 is 2.65 bits per heavy atom. The summed E-state index contributed by atoms with van der Waals surface area (Å²) in [6, 6.07) is 5.38. The molecular weight excluding hydrogens is 395 g/mol. The van der Waals surface area contributed by atoms with Gasteiger partial charge in [0, 0.05) is 49.4 Å². The molecule has 0 saturated carbocycles. The SMILES string of the molecule is Cc1cnc(Nc2ccc(N3CCC(CO)CC3)c(F)c2)nc1-c1cnn(C(C)C)c1. The van der Waals surface area contributed by atoms with Crippen molar-refractivity contribution in [2.45, 2.75) is 39.7 Å². The van der Waals surface area contributed by atoms with Crippen molar-refractivity contribution in [2.75, 3.05) is 29.9 Å². The number of hydrogen-bond acceptors (Lipinski definition) is 6. The predicted octanol–water partition coefficient (Wildman–Crippen LogP) is 4.32. The van der Waals surface area contributed by atoms with Gasteiger partial charge in [0.15, 0.2) is 0 Å². The van der Waals surface area contributed by atoms with Crippen molar-refractivity contribution in [3.8, 4) is 11.3 Å². The zero-order valence-corrected chi connectivity index (χ0v) is 18.2. The monoisotopic (exact) mass is 424 g/mol. The molecule has 0 unspecified atom stereocenters. The first-order valence-corrected chi connectivity index (χ1v) is 10.7. The van der Waals surface area contributed by atoms with Gasteiger partial charge in [-0.1, -0.05) is 0 Å². The van der Waals surface area contributed by atoms with Gasteiger partial charge < -0.3 is 15.3 Å². The number of aliphatic hydroxyl groups is 1. The van der Waals surface area contributed by atoms with E-state index in [2.05, 4.69) is 34.2 Å². The smallest absolute Gasteiger partial charge is 0.227 e. The lowest BCUT2D eigenvalue weighted by molar-refractivity contribution is 0.203. The fraction of sp³-hybridized carbons (Fsp3) is 0.435. The number of aliphatic hydroxyl groups excluding tert-OH is 1. The Morgan fingerprint density at radius 2 is 2.00 bits per heavy atom. The number of nitrogens with one attached hydrogen (secondary N) is 1. The van der Waals surface area contributed by atoms with Crippen LogP contribution in [0.25, 0.3) is 11.3 Å². The van der Waals surface area contributed by atoms with E-state index in [9.17, 15) is 9.50 Å². The highest BCUT2D eigenvalue weighted by atomic mass is 19.1. The van der Waals surface area contributed by atoms with Crippen molar-refractivity contribution in [3.63, 3.8) is 0 Å². The Morgan fingerprint density at radius 1 is 1.23 bits per heavy atom. The first-order valence-electron chi connectivity index (χ1n) is 10.7. The molecule has 0 bridgehead atoms. The Balaban J connectivity index is 1.51. The van der Waals surface area contributed by atoms with Crippen LogP contribution in [0.5, 0.6) is 0 Å². The minimum atomic E-state index is -0.280. The van der Waals surface area contributed by atoms with Gasteiger partial charge in [0.25, 0.3) is 0 Å². The molecule has 2 N–H and O–H groups in total. The number of hydrogen-bond donors (Lipinski definition) is 2. The Labute approximate surface area is 182 Å². The van der Waals surface area contributed by atoms with Crippen molar-refractivity contribution < 1.29 is 9.50 Å². The van der Waals surface area contributed by atoms with Crippen LogP contribution in [0.4, 0.5) is 21.7 Å². The second-order valence-corrected chi connectivity index (χ2v) is 8.43. The van der Waals surface area contributed by atoms with Gasteiger partial charge in [-0.05, 0) is 63.3 Å². The predicted molar refractivity (Wildman–Crippen MR) is 120 cm³/mol. The Hall–Kier alpha value is -3.00. The van der Waals surface area contributed by atoms with Gasteiger partial charge >= 0.3 is 0 Å². The third kappa shape index (κ3) is 4.69. The van der Waals surface area contributed by atoms with Gasteiger partial charge in [-0.15, -0.1) is 0 Å². The second kappa shape index (κ2) is 9.01. The fourth-order valence-electron chi connectivity index (χ4n) is 3.86. The highest BCUT2D eigenvalue weighted by Gasteiger charge is 2.21. The largest absolute Gasteiger partial charge is 0.396 e. The lowest BCUT2D eigenvalue weighted by atomic mass is 9.97. The molecule has 3 heterocycles. The Kier molecular flexibility index (Phi) is 6.18. The topological polar surface area (TPSA) is 79.1 Å². The van der Waals surface area contributed by atoms with Crippen LogP contribution in [0.3, 0.4) is 0 Å². The normalized spacial score (nSPS) is 15.0. The minimum absolute atomic E-state index is 0.204. The van der Waals surface area contributed by atoms with Crippen molar-refractivity contribution in [1.29, 1.82) is 0 Å². The molecule has 3 aromatic rings. The molecule has 0 atom stereocenters.